The third-order valence-electron chi connectivity index (χ3n) is 4.15. The lowest BCUT2D eigenvalue weighted by molar-refractivity contribution is -0.140. The third kappa shape index (κ3) is 4.82. The zero-order valence-electron chi connectivity index (χ0n) is 15.9. The molecule has 0 saturated heterocycles. The zero-order chi connectivity index (χ0) is 21.7. The molecule has 1 heterocycles. The average Bonchev–Trinajstić information content (AvgIpc) is 2.74. The van der Waals surface area contributed by atoms with Gasteiger partial charge in [-0.15, -0.1) is 0 Å². The van der Waals surface area contributed by atoms with E-state index in [2.05, 4.69) is 15.0 Å². The number of thioether (sulfide) groups is 1. The number of rotatable bonds is 7. The molecule has 10 heteroatoms. The fraction of sp³-hybridized carbons (Fsp3) is 0.200. The second kappa shape index (κ2) is 9.49. The summed E-state index contributed by atoms with van der Waals surface area (Å²) in [5, 5.41) is 2.75. The molecular weight excluding hydrogens is 416 g/mol. The van der Waals surface area contributed by atoms with Gasteiger partial charge in [0.2, 0.25) is 5.91 Å². The van der Waals surface area contributed by atoms with E-state index in [0.29, 0.717) is 10.9 Å². The van der Waals surface area contributed by atoms with Crippen LogP contribution in [-0.2, 0) is 20.9 Å². The number of amides is 1. The summed E-state index contributed by atoms with van der Waals surface area (Å²) in [5.41, 5.74) is -0.481. The largest absolute Gasteiger partial charge is 0.469 e. The van der Waals surface area contributed by atoms with E-state index in [-0.39, 0.29) is 29.4 Å². The predicted molar refractivity (Wildman–Crippen MR) is 108 cm³/mol. The van der Waals surface area contributed by atoms with Gasteiger partial charge in [-0.1, -0.05) is 30.0 Å². The first-order valence-electron chi connectivity index (χ1n) is 8.83. The number of esters is 1. The van der Waals surface area contributed by atoms with Gasteiger partial charge in [0, 0.05) is 6.54 Å². The van der Waals surface area contributed by atoms with Crippen molar-refractivity contribution in [1.82, 2.24) is 9.55 Å². The molecule has 1 amide bonds. The van der Waals surface area contributed by atoms with Gasteiger partial charge >= 0.3 is 5.97 Å². The Morgan fingerprint density at radius 2 is 1.83 bits per heavy atom. The quantitative estimate of drug-likeness (QED) is 0.350. The maximum absolute atomic E-state index is 13.7. The minimum Gasteiger partial charge on any atom is -0.469 e. The molecular formula is C20H17F2N3O4S. The fourth-order valence-electron chi connectivity index (χ4n) is 2.68. The maximum atomic E-state index is 13.7. The molecule has 156 valence electrons. The van der Waals surface area contributed by atoms with Crippen LogP contribution in [0.25, 0.3) is 10.9 Å². The summed E-state index contributed by atoms with van der Waals surface area (Å²) >= 11 is 0.917. The minimum absolute atomic E-state index is 0.00916. The molecule has 0 aliphatic heterocycles. The second-order valence-electron chi connectivity index (χ2n) is 6.13. The lowest BCUT2D eigenvalue weighted by atomic mass is 10.2. The van der Waals surface area contributed by atoms with E-state index < -0.39 is 29.2 Å². The van der Waals surface area contributed by atoms with Crippen molar-refractivity contribution in [3.8, 4) is 0 Å². The highest BCUT2D eigenvalue weighted by molar-refractivity contribution is 7.99. The van der Waals surface area contributed by atoms with E-state index in [0.717, 1.165) is 23.9 Å². The number of methoxy groups -OCH3 is 1. The molecule has 0 aliphatic rings. The average molecular weight is 433 g/mol. The highest BCUT2D eigenvalue weighted by atomic mass is 32.2. The molecule has 0 atom stereocenters. The highest BCUT2D eigenvalue weighted by Gasteiger charge is 2.16. The van der Waals surface area contributed by atoms with Gasteiger partial charge in [-0.05, 0) is 24.3 Å². The van der Waals surface area contributed by atoms with Crippen molar-refractivity contribution in [3.05, 3.63) is 64.5 Å². The number of fused-ring (bicyclic) bond motifs is 1. The van der Waals surface area contributed by atoms with Crippen LogP contribution >= 0.6 is 11.8 Å². The van der Waals surface area contributed by atoms with Crippen LogP contribution in [0.2, 0.25) is 0 Å². The topological polar surface area (TPSA) is 90.3 Å². The Morgan fingerprint density at radius 1 is 1.13 bits per heavy atom. The lowest BCUT2D eigenvalue weighted by Crippen LogP contribution is -2.25. The molecule has 0 bridgehead atoms. The molecule has 0 fully saturated rings. The molecule has 7 nitrogen and oxygen atoms in total. The first-order chi connectivity index (χ1) is 14.4. The second-order valence-corrected chi connectivity index (χ2v) is 7.07. The molecule has 1 aromatic heterocycles. The molecule has 2 aromatic carbocycles. The summed E-state index contributed by atoms with van der Waals surface area (Å²) in [6.45, 7) is 0.00916. The van der Waals surface area contributed by atoms with Gasteiger partial charge < -0.3 is 10.1 Å². The monoisotopic (exact) mass is 433 g/mol. The molecule has 0 aliphatic carbocycles. The highest BCUT2D eigenvalue weighted by Crippen LogP contribution is 2.21. The summed E-state index contributed by atoms with van der Waals surface area (Å²) < 4.78 is 33.3. The van der Waals surface area contributed by atoms with E-state index >= 15 is 0 Å². The van der Waals surface area contributed by atoms with Gasteiger partial charge in [0.15, 0.2) is 5.16 Å². The van der Waals surface area contributed by atoms with Crippen LogP contribution in [0.5, 0.6) is 0 Å². The molecule has 0 spiro atoms. The third-order valence-corrected chi connectivity index (χ3v) is 5.13. The Balaban J connectivity index is 1.84. The van der Waals surface area contributed by atoms with Crippen molar-refractivity contribution in [1.29, 1.82) is 0 Å². The Hall–Kier alpha value is -3.27. The van der Waals surface area contributed by atoms with Crippen molar-refractivity contribution in [3.63, 3.8) is 0 Å². The van der Waals surface area contributed by atoms with Gasteiger partial charge in [-0.3, -0.25) is 19.0 Å². The number of nitrogens with zero attached hydrogens (tertiary/aromatic N) is 2. The first kappa shape index (κ1) is 21.4. The number of para-hydroxylation sites is 2. The van der Waals surface area contributed by atoms with Crippen LogP contribution < -0.4 is 10.9 Å². The van der Waals surface area contributed by atoms with E-state index in [9.17, 15) is 23.2 Å². The number of carbonyl (C=O) groups is 2. The van der Waals surface area contributed by atoms with Crippen LogP contribution in [0.1, 0.15) is 6.42 Å². The molecule has 3 rings (SSSR count). The summed E-state index contributed by atoms with van der Waals surface area (Å²) in [7, 11) is 1.24. The Labute approximate surface area is 174 Å². The number of ether oxygens (including phenoxy) is 1. The van der Waals surface area contributed by atoms with Crippen molar-refractivity contribution in [2.24, 2.45) is 0 Å². The summed E-state index contributed by atoms with van der Waals surface area (Å²) in [6, 6.07) is 9.92. The number of hydrogen-bond donors (Lipinski definition) is 1. The van der Waals surface area contributed by atoms with Crippen molar-refractivity contribution < 1.29 is 23.1 Å². The zero-order valence-corrected chi connectivity index (χ0v) is 16.7. The number of nitrogens with one attached hydrogen (secondary N) is 1. The fourth-order valence-corrected chi connectivity index (χ4v) is 3.51. The number of benzene rings is 2. The smallest absolute Gasteiger partial charge is 0.307 e. The van der Waals surface area contributed by atoms with Crippen LogP contribution in [0.3, 0.4) is 0 Å². The van der Waals surface area contributed by atoms with Gasteiger partial charge in [0.05, 0.1) is 30.2 Å². The van der Waals surface area contributed by atoms with Crippen molar-refractivity contribution in [2.45, 2.75) is 18.1 Å². The lowest BCUT2D eigenvalue weighted by Gasteiger charge is -2.13. The van der Waals surface area contributed by atoms with E-state index in [4.69, 9.17) is 0 Å². The SMILES string of the molecule is COC(=O)CCn1c(SCC(=O)Nc2c(F)cccc2F)nc2ccccc2c1=O. The maximum Gasteiger partial charge on any atom is 0.307 e. The van der Waals surface area contributed by atoms with Crippen LogP contribution in [0.15, 0.2) is 52.4 Å². The molecule has 1 N–H and O–H groups in total. The van der Waals surface area contributed by atoms with Crippen molar-refractivity contribution in [2.75, 3.05) is 18.2 Å². The van der Waals surface area contributed by atoms with E-state index in [1.54, 1.807) is 24.3 Å². The summed E-state index contributed by atoms with van der Waals surface area (Å²) in [5.74, 6) is -3.22. The Kier molecular flexibility index (Phi) is 6.78. The van der Waals surface area contributed by atoms with Crippen LogP contribution in [0, 0.1) is 11.6 Å². The number of carbonyl (C=O) groups excluding carboxylic acids is 2. The molecule has 3 aromatic rings. The summed E-state index contributed by atoms with van der Waals surface area (Å²) in [6.07, 6.45) is -0.0589. The number of anilines is 1. The summed E-state index contributed by atoms with van der Waals surface area (Å²) in [4.78, 5) is 40.9. The van der Waals surface area contributed by atoms with E-state index in [1.807, 2.05) is 0 Å². The van der Waals surface area contributed by atoms with Crippen LogP contribution in [0.4, 0.5) is 14.5 Å². The molecule has 30 heavy (non-hydrogen) atoms. The normalized spacial score (nSPS) is 10.8. The van der Waals surface area contributed by atoms with E-state index in [1.165, 1.54) is 17.7 Å². The Bertz CT molecular complexity index is 1150. The molecule has 0 unspecified atom stereocenters. The minimum atomic E-state index is -0.896. The first-order valence-corrected chi connectivity index (χ1v) is 9.82. The number of halogens is 2. The molecule has 0 saturated carbocycles. The standard InChI is InChI=1S/C20H17F2N3O4S/c1-29-17(27)9-10-25-19(28)12-5-2-3-8-15(12)23-20(25)30-11-16(26)24-18-13(21)6-4-7-14(18)22/h2-8H,9-11H2,1H3,(H,24,26). The van der Waals surface area contributed by atoms with Gasteiger partial charge in [-0.25, -0.2) is 13.8 Å². The van der Waals surface area contributed by atoms with Gasteiger partial charge in [0.1, 0.15) is 17.3 Å². The van der Waals surface area contributed by atoms with Crippen molar-refractivity contribution >= 4 is 40.2 Å². The Morgan fingerprint density at radius 3 is 2.53 bits per heavy atom. The van der Waals surface area contributed by atoms with Gasteiger partial charge in [0.25, 0.3) is 5.56 Å². The van der Waals surface area contributed by atoms with Gasteiger partial charge in [-0.2, -0.15) is 0 Å². The number of aromatic nitrogens is 2. The molecule has 0 radical (unpaired) electrons. The van der Waals surface area contributed by atoms with Crippen LogP contribution in [-0.4, -0.2) is 34.3 Å². The predicted octanol–water partition coefficient (Wildman–Crippen LogP) is 2.97. The number of hydrogen-bond acceptors (Lipinski definition) is 6.